The van der Waals surface area contributed by atoms with Gasteiger partial charge < -0.3 is 4.90 Å². The van der Waals surface area contributed by atoms with Crippen LogP contribution in [0.5, 0.6) is 0 Å². The van der Waals surface area contributed by atoms with Crippen molar-refractivity contribution >= 4 is 23.8 Å². The lowest BCUT2D eigenvalue weighted by molar-refractivity contribution is 0.101. The van der Waals surface area contributed by atoms with Gasteiger partial charge in [-0.05, 0) is 43.8 Å². The van der Waals surface area contributed by atoms with E-state index in [1.165, 1.54) is 5.56 Å². The molecule has 0 N–H and O–H groups in total. The topological polar surface area (TPSA) is 41.4 Å². The van der Waals surface area contributed by atoms with E-state index in [1.54, 1.807) is 6.92 Å². The first-order valence-corrected chi connectivity index (χ1v) is 10.7. The Hall–Kier alpha value is -2.83. The average molecular weight is 419 g/mol. The Bertz CT molecular complexity index is 1090. The Morgan fingerprint density at radius 3 is 2.17 bits per heavy atom. The Morgan fingerprint density at radius 2 is 1.57 bits per heavy atom. The number of aromatic nitrogens is 2. The van der Waals surface area contributed by atoms with Crippen LogP contribution in [0.1, 0.15) is 28.5 Å². The van der Waals surface area contributed by atoms with Gasteiger partial charge >= 0.3 is 0 Å². The van der Waals surface area contributed by atoms with Crippen LogP contribution in [0.15, 0.2) is 60.7 Å². The Labute approximate surface area is 182 Å². The summed E-state index contributed by atoms with van der Waals surface area (Å²) in [4.78, 5) is 22.0. The van der Waals surface area contributed by atoms with E-state index in [0.29, 0.717) is 10.3 Å². The molecule has 3 aromatic rings. The molecule has 4 rings (SSSR count). The first-order valence-electron chi connectivity index (χ1n) is 10.3. The molecule has 6 heteroatoms. The number of piperazine rings is 1. The van der Waals surface area contributed by atoms with E-state index in [-0.39, 0.29) is 5.78 Å². The third-order valence-corrected chi connectivity index (χ3v) is 5.87. The summed E-state index contributed by atoms with van der Waals surface area (Å²) < 4.78 is 2.37. The molecule has 0 spiro atoms. The van der Waals surface area contributed by atoms with Gasteiger partial charge in [-0.2, -0.15) is 0 Å². The lowest BCUT2D eigenvalue weighted by atomic mass is 10.1. The number of ketones is 1. The highest BCUT2D eigenvalue weighted by molar-refractivity contribution is 7.71. The van der Waals surface area contributed by atoms with Crippen LogP contribution < -0.4 is 4.90 Å². The largest absolute Gasteiger partial charge is 0.353 e. The molecule has 0 unspecified atom stereocenters. The molecule has 1 fully saturated rings. The Kier molecular flexibility index (Phi) is 6.06. The van der Waals surface area contributed by atoms with Crippen molar-refractivity contribution in [2.24, 2.45) is 0 Å². The van der Waals surface area contributed by atoms with Crippen molar-refractivity contribution in [1.29, 1.82) is 0 Å². The summed E-state index contributed by atoms with van der Waals surface area (Å²) in [6.07, 6.45) is 0. The van der Waals surface area contributed by atoms with Crippen molar-refractivity contribution in [3.05, 3.63) is 82.3 Å². The van der Waals surface area contributed by atoms with Gasteiger partial charge in [-0.15, -0.1) is 0 Å². The summed E-state index contributed by atoms with van der Waals surface area (Å²) >= 11 is 5.64. The van der Waals surface area contributed by atoms with E-state index in [1.807, 2.05) is 47.9 Å². The third-order valence-electron chi connectivity index (χ3n) is 5.60. The predicted molar refractivity (Wildman–Crippen MR) is 123 cm³/mol. The maximum absolute atomic E-state index is 12.6. The van der Waals surface area contributed by atoms with Crippen molar-refractivity contribution < 1.29 is 4.79 Å². The van der Waals surface area contributed by atoms with Crippen molar-refractivity contribution in [2.45, 2.75) is 20.4 Å². The highest BCUT2D eigenvalue weighted by atomic mass is 32.1. The van der Waals surface area contributed by atoms with Crippen LogP contribution in [0, 0.1) is 11.7 Å². The van der Waals surface area contributed by atoms with Crippen LogP contribution in [0.25, 0.3) is 5.69 Å². The van der Waals surface area contributed by atoms with Crippen LogP contribution in [0.4, 0.5) is 5.82 Å². The molecular formula is C24H26N4OS. The molecule has 30 heavy (non-hydrogen) atoms. The molecule has 2 aromatic carbocycles. The second-order valence-corrected chi connectivity index (χ2v) is 8.02. The van der Waals surface area contributed by atoms with E-state index >= 15 is 0 Å². The molecule has 1 aromatic heterocycles. The summed E-state index contributed by atoms with van der Waals surface area (Å²) in [5.41, 5.74) is 3.74. The number of nitrogens with zero attached hydrogens (tertiary/aromatic N) is 4. The van der Waals surface area contributed by atoms with Gasteiger partial charge in [0.15, 0.2) is 5.78 Å². The summed E-state index contributed by atoms with van der Waals surface area (Å²) in [6, 6.07) is 20.4. The number of benzene rings is 2. The first kappa shape index (κ1) is 20.4. The summed E-state index contributed by atoms with van der Waals surface area (Å²) in [7, 11) is 0. The molecule has 2 heterocycles. The highest BCUT2D eigenvalue weighted by Gasteiger charge is 2.25. The standard InChI is InChI=1S/C24H26N4OS/c1-18-22(19(2)29)23(25-24(30)28(18)21-11-7-4-8-12-21)27-15-13-26(14-16-27)17-20-9-5-3-6-10-20/h3-12H,13-17H2,1-2H3. The van der Waals surface area contributed by atoms with Crippen LogP contribution in [0.3, 0.4) is 0 Å². The minimum Gasteiger partial charge on any atom is -0.353 e. The summed E-state index contributed by atoms with van der Waals surface area (Å²) in [5.74, 6) is 0.734. The van der Waals surface area contributed by atoms with Gasteiger partial charge in [0.1, 0.15) is 5.82 Å². The number of carbonyl (C=O) groups is 1. The van der Waals surface area contributed by atoms with E-state index < -0.39 is 0 Å². The first-order chi connectivity index (χ1) is 14.5. The zero-order valence-electron chi connectivity index (χ0n) is 17.4. The monoisotopic (exact) mass is 418 g/mol. The SMILES string of the molecule is CC(=O)c1c(N2CCN(Cc3ccccc3)CC2)nc(=S)n(-c2ccccc2)c1C. The van der Waals surface area contributed by atoms with Gasteiger partial charge in [-0.25, -0.2) is 4.98 Å². The molecule has 0 bridgehead atoms. The maximum Gasteiger partial charge on any atom is 0.206 e. The second kappa shape index (κ2) is 8.90. The number of anilines is 1. The van der Waals surface area contributed by atoms with Gasteiger partial charge in [0.25, 0.3) is 0 Å². The van der Waals surface area contributed by atoms with E-state index in [0.717, 1.165) is 49.9 Å². The smallest absolute Gasteiger partial charge is 0.206 e. The predicted octanol–water partition coefficient (Wildman–Crippen LogP) is 4.44. The molecule has 0 saturated carbocycles. The Balaban J connectivity index is 1.60. The fourth-order valence-corrected chi connectivity index (χ4v) is 4.42. The van der Waals surface area contributed by atoms with Crippen molar-refractivity contribution in [3.63, 3.8) is 0 Å². The molecule has 154 valence electrons. The molecule has 5 nitrogen and oxygen atoms in total. The van der Waals surface area contributed by atoms with Crippen LogP contribution in [-0.4, -0.2) is 46.4 Å². The zero-order chi connectivity index (χ0) is 21.1. The number of para-hydroxylation sites is 1. The van der Waals surface area contributed by atoms with E-state index in [4.69, 9.17) is 17.2 Å². The molecule has 1 aliphatic rings. The maximum atomic E-state index is 12.6. The lowest BCUT2D eigenvalue weighted by Gasteiger charge is -2.36. The van der Waals surface area contributed by atoms with Crippen LogP contribution >= 0.6 is 12.2 Å². The van der Waals surface area contributed by atoms with Gasteiger partial charge in [0.05, 0.1) is 5.56 Å². The molecule has 0 atom stereocenters. The fraction of sp³-hybridized carbons (Fsp3) is 0.292. The molecule has 0 radical (unpaired) electrons. The molecule has 1 aliphatic heterocycles. The number of hydrogen-bond acceptors (Lipinski definition) is 5. The van der Waals surface area contributed by atoms with E-state index in [2.05, 4.69) is 34.1 Å². The minimum absolute atomic E-state index is 0.0152. The van der Waals surface area contributed by atoms with Crippen LogP contribution in [0.2, 0.25) is 0 Å². The Morgan fingerprint density at radius 1 is 0.967 bits per heavy atom. The molecular weight excluding hydrogens is 392 g/mol. The van der Waals surface area contributed by atoms with Crippen molar-refractivity contribution in [3.8, 4) is 5.69 Å². The number of rotatable bonds is 5. The number of carbonyl (C=O) groups excluding carboxylic acids is 1. The number of Topliss-reactive ketones (excluding diaryl/α,β-unsaturated/α-hetero) is 1. The molecule has 0 amide bonds. The van der Waals surface area contributed by atoms with Crippen molar-refractivity contribution in [2.75, 3.05) is 31.1 Å². The van der Waals surface area contributed by atoms with E-state index in [9.17, 15) is 4.79 Å². The van der Waals surface area contributed by atoms with Gasteiger partial charge in [-0.3, -0.25) is 14.3 Å². The highest BCUT2D eigenvalue weighted by Crippen LogP contribution is 2.26. The average Bonchev–Trinajstić information content (AvgIpc) is 2.75. The zero-order valence-corrected chi connectivity index (χ0v) is 18.2. The molecule has 1 saturated heterocycles. The summed E-state index contributed by atoms with van der Waals surface area (Å²) in [5, 5.41) is 0. The normalized spacial score (nSPS) is 14.7. The quantitative estimate of drug-likeness (QED) is 0.453. The lowest BCUT2D eigenvalue weighted by Crippen LogP contribution is -2.46. The van der Waals surface area contributed by atoms with Crippen LogP contribution in [-0.2, 0) is 6.54 Å². The van der Waals surface area contributed by atoms with Gasteiger partial charge in [0, 0.05) is 44.1 Å². The fourth-order valence-electron chi connectivity index (χ4n) is 4.10. The van der Waals surface area contributed by atoms with Gasteiger partial charge in [0.2, 0.25) is 4.77 Å². The minimum atomic E-state index is 0.0152. The second-order valence-electron chi connectivity index (χ2n) is 7.65. The number of hydrogen-bond donors (Lipinski definition) is 0. The van der Waals surface area contributed by atoms with Crippen molar-refractivity contribution in [1.82, 2.24) is 14.5 Å². The van der Waals surface area contributed by atoms with Gasteiger partial charge in [-0.1, -0.05) is 48.5 Å². The third kappa shape index (κ3) is 4.20. The summed E-state index contributed by atoms with van der Waals surface area (Å²) in [6.45, 7) is 8.00. The molecule has 0 aliphatic carbocycles.